The third kappa shape index (κ3) is 2.79. The minimum Gasteiger partial charge on any atom is -0.340 e. The highest BCUT2D eigenvalue weighted by molar-refractivity contribution is 5.66. The van der Waals surface area contributed by atoms with Crippen molar-refractivity contribution in [3.05, 3.63) is 63.7 Å². The summed E-state index contributed by atoms with van der Waals surface area (Å²) in [5.41, 5.74) is -0.355. The van der Waals surface area contributed by atoms with Gasteiger partial charge in [-0.3, -0.25) is 10.1 Å². The zero-order chi connectivity index (χ0) is 15.6. The van der Waals surface area contributed by atoms with E-state index in [2.05, 4.69) is 0 Å². The molecule has 0 amide bonds. The summed E-state index contributed by atoms with van der Waals surface area (Å²) in [7, 11) is 1.41. The van der Waals surface area contributed by atoms with E-state index in [1.807, 2.05) is 6.07 Å². The first-order valence-corrected chi connectivity index (χ1v) is 5.81. The standard InChI is InChI=1S/C14H9F2N3O2/c1-18(10-4-2-3-9(5-10)8-17)14-12(15)6-11(19(20)21)7-13(14)16/h2-7H,1H3. The molecule has 2 aromatic rings. The largest absolute Gasteiger partial charge is 0.340 e. The molecule has 0 saturated carbocycles. The molecule has 0 saturated heterocycles. The van der Waals surface area contributed by atoms with Crippen molar-refractivity contribution in [1.29, 1.82) is 5.26 Å². The van der Waals surface area contributed by atoms with Crippen LogP contribution in [0, 0.1) is 33.1 Å². The Morgan fingerprint density at radius 2 is 1.86 bits per heavy atom. The van der Waals surface area contributed by atoms with E-state index < -0.39 is 27.9 Å². The Bertz CT molecular complexity index is 733. The van der Waals surface area contributed by atoms with Crippen molar-refractivity contribution in [2.24, 2.45) is 0 Å². The van der Waals surface area contributed by atoms with Gasteiger partial charge in [0.05, 0.1) is 28.7 Å². The normalized spacial score (nSPS) is 10.0. The first-order valence-electron chi connectivity index (χ1n) is 5.81. The lowest BCUT2D eigenvalue weighted by Gasteiger charge is -2.20. The maximum absolute atomic E-state index is 13.9. The van der Waals surface area contributed by atoms with Crippen molar-refractivity contribution in [3.8, 4) is 6.07 Å². The summed E-state index contributed by atoms with van der Waals surface area (Å²) in [6, 6.07) is 9.39. The quantitative estimate of drug-likeness (QED) is 0.640. The summed E-state index contributed by atoms with van der Waals surface area (Å²) in [5, 5.41) is 19.4. The molecule has 0 radical (unpaired) electrons. The number of benzene rings is 2. The van der Waals surface area contributed by atoms with Gasteiger partial charge in [-0.2, -0.15) is 5.26 Å². The summed E-state index contributed by atoms with van der Waals surface area (Å²) in [6.07, 6.45) is 0. The van der Waals surface area contributed by atoms with Crippen molar-refractivity contribution >= 4 is 17.1 Å². The summed E-state index contributed by atoms with van der Waals surface area (Å²) >= 11 is 0. The summed E-state index contributed by atoms with van der Waals surface area (Å²) < 4.78 is 27.9. The molecule has 0 aliphatic carbocycles. The van der Waals surface area contributed by atoms with Crippen LogP contribution >= 0.6 is 0 Å². The number of nitrogens with zero attached hydrogens (tertiary/aromatic N) is 3. The maximum atomic E-state index is 13.9. The van der Waals surface area contributed by atoms with Crippen molar-refractivity contribution < 1.29 is 13.7 Å². The monoisotopic (exact) mass is 289 g/mol. The van der Waals surface area contributed by atoms with Crippen LogP contribution < -0.4 is 4.90 Å². The first-order chi connectivity index (χ1) is 9.93. The molecule has 0 aromatic heterocycles. The zero-order valence-corrected chi connectivity index (χ0v) is 10.9. The van der Waals surface area contributed by atoms with Gasteiger partial charge in [0.15, 0.2) is 11.6 Å². The number of hydrogen-bond donors (Lipinski definition) is 0. The smallest absolute Gasteiger partial charge is 0.275 e. The van der Waals surface area contributed by atoms with Gasteiger partial charge in [0.2, 0.25) is 0 Å². The number of nitriles is 1. The van der Waals surface area contributed by atoms with Gasteiger partial charge in [0, 0.05) is 12.7 Å². The first kappa shape index (κ1) is 14.4. The molecular formula is C14H9F2N3O2. The van der Waals surface area contributed by atoms with E-state index in [9.17, 15) is 18.9 Å². The van der Waals surface area contributed by atoms with E-state index >= 15 is 0 Å². The summed E-state index contributed by atoms with van der Waals surface area (Å²) in [6.45, 7) is 0. The number of rotatable bonds is 3. The van der Waals surface area contributed by atoms with Crippen LogP contribution in [0.5, 0.6) is 0 Å². The molecular weight excluding hydrogens is 280 g/mol. The molecule has 0 fully saturated rings. The van der Waals surface area contributed by atoms with Gasteiger partial charge in [0.1, 0.15) is 5.69 Å². The van der Waals surface area contributed by atoms with Crippen molar-refractivity contribution in [2.75, 3.05) is 11.9 Å². The van der Waals surface area contributed by atoms with Crippen molar-refractivity contribution in [3.63, 3.8) is 0 Å². The average Bonchev–Trinajstić information content (AvgIpc) is 2.46. The number of hydrogen-bond acceptors (Lipinski definition) is 4. The summed E-state index contributed by atoms with van der Waals surface area (Å²) in [4.78, 5) is 10.9. The minimum atomic E-state index is -1.05. The second-order valence-electron chi connectivity index (χ2n) is 4.24. The van der Waals surface area contributed by atoms with Gasteiger partial charge in [-0.1, -0.05) is 6.07 Å². The Morgan fingerprint density at radius 1 is 1.24 bits per heavy atom. The molecule has 0 N–H and O–H groups in total. The molecule has 5 nitrogen and oxygen atoms in total. The predicted molar refractivity (Wildman–Crippen MR) is 72.2 cm³/mol. The highest BCUT2D eigenvalue weighted by Gasteiger charge is 2.20. The molecule has 2 aromatic carbocycles. The summed E-state index contributed by atoms with van der Waals surface area (Å²) in [5.74, 6) is -2.10. The molecule has 2 rings (SSSR count). The lowest BCUT2D eigenvalue weighted by Crippen LogP contribution is -2.13. The molecule has 0 aliphatic rings. The van der Waals surface area contributed by atoms with Crippen LogP contribution in [0.1, 0.15) is 5.56 Å². The van der Waals surface area contributed by atoms with Crippen molar-refractivity contribution in [2.45, 2.75) is 0 Å². The minimum absolute atomic E-state index is 0.335. The van der Waals surface area contributed by atoms with E-state index in [1.54, 1.807) is 18.2 Å². The fourth-order valence-corrected chi connectivity index (χ4v) is 1.89. The highest BCUT2D eigenvalue weighted by atomic mass is 19.1. The number of anilines is 2. The van der Waals surface area contributed by atoms with Gasteiger partial charge in [-0.05, 0) is 18.2 Å². The Morgan fingerprint density at radius 3 is 2.38 bits per heavy atom. The third-order valence-electron chi connectivity index (χ3n) is 2.91. The van der Waals surface area contributed by atoms with E-state index in [-0.39, 0.29) is 0 Å². The zero-order valence-electron chi connectivity index (χ0n) is 10.9. The Balaban J connectivity index is 2.51. The molecule has 0 atom stereocenters. The Kier molecular flexibility index (Phi) is 3.80. The molecule has 0 unspecified atom stereocenters. The lowest BCUT2D eigenvalue weighted by atomic mass is 10.2. The van der Waals surface area contributed by atoms with Crippen LogP contribution in [-0.2, 0) is 0 Å². The van der Waals surface area contributed by atoms with E-state index in [1.165, 1.54) is 18.0 Å². The molecule has 0 heterocycles. The molecule has 0 aliphatic heterocycles. The predicted octanol–water partition coefficient (Wildman–Crippen LogP) is 3.51. The number of nitro benzene ring substituents is 1. The second-order valence-corrected chi connectivity index (χ2v) is 4.24. The maximum Gasteiger partial charge on any atom is 0.275 e. The van der Waals surface area contributed by atoms with Gasteiger partial charge >= 0.3 is 0 Å². The van der Waals surface area contributed by atoms with Crippen LogP contribution in [0.2, 0.25) is 0 Å². The van der Waals surface area contributed by atoms with E-state index in [0.717, 1.165) is 0 Å². The Hall–Kier alpha value is -3.01. The molecule has 21 heavy (non-hydrogen) atoms. The fourth-order valence-electron chi connectivity index (χ4n) is 1.89. The molecule has 7 heteroatoms. The fraction of sp³-hybridized carbons (Fsp3) is 0.0714. The van der Waals surface area contributed by atoms with E-state index in [0.29, 0.717) is 23.4 Å². The molecule has 106 valence electrons. The SMILES string of the molecule is CN(c1cccc(C#N)c1)c1c(F)cc([N+](=O)[O-])cc1F. The lowest BCUT2D eigenvalue weighted by molar-refractivity contribution is -0.385. The van der Waals surface area contributed by atoms with Crippen molar-refractivity contribution in [1.82, 2.24) is 0 Å². The number of halogens is 2. The second kappa shape index (κ2) is 5.54. The third-order valence-corrected chi connectivity index (χ3v) is 2.91. The number of non-ortho nitro benzene ring substituents is 1. The van der Waals surface area contributed by atoms with Gasteiger partial charge < -0.3 is 4.90 Å². The van der Waals surface area contributed by atoms with Crippen LogP contribution in [0.4, 0.5) is 25.8 Å². The van der Waals surface area contributed by atoms with Gasteiger partial charge in [0.25, 0.3) is 5.69 Å². The van der Waals surface area contributed by atoms with Gasteiger partial charge in [-0.15, -0.1) is 0 Å². The average molecular weight is 289 g/mol. The van der Waals surface area contributed by atoms with E-state index in [4.69, 9.17) is 5.26 Å². The highest BCUT2D eigenvalue weighted by Crippen LogP contribution is 2.32. The topological polar surface area (TPSA) is 70.2 Å². The van der Waals surface area contributed by atoms with Crippen LogP contribution in [0.25, 0.3) is 0 Å². The Labute approximate surface area is 118 Å². The molecule has 0 spiro atoms. The van der Waals surface area contributed by atoms with Crippen LogP contribution in [0.15, 0.2) is 36.4 Å². The number of nitro groups is 1. The molecule has 0 bridgehead atoms. The van der Waals surface area contributed by atoms with Gasteiger partial charge in [-0.25, -0.2) is 8.78 Å². The van der Waals surface area contributed by atoms with Crippen LogP contribution in [0.3, 0.4) is 0 Å². The van der Waals surface area contributed by atoms with Crippen LogP contribution in [-0.4, -0.2) is 12.0 Å².